The number of benzene rings is 2. The SMILES string of the molecule is COc1cc2c(c(OC)c1OC)-c1cc(I)c(O)cc1[C@@H](NC(=O)OC(C)(C)C)CC2. The van der Waals surface area contributed by atoms with Gasteiger partial charge in [-0.3, -0.25) is 0 Å². The lowest BCUT2D eigenvalue weighted by atomic mass is 9.93. The molecule has 2 aromatic rings. The van der Waals surface area contributed by atoms with Crippen LogP contribution in [-0.4, -0.2) is 38.1 Å². The minimum atomic E-state index is -0.612. The van der Waals surface area contributed by atoms with Crippen LogP contribution in [0.5, 0.6) is 23.0 Å². The van der Waals surface area contributed by atoms with E-state index in [4.69, 9.17) is 18.9 Å². The zero-order chi connectivity index (χ0) is 22.9. The lowest BCUT2D eigenvalue weighted by molar-refractivity contribution is 0.0501. The second kappa shape index (κ2) is 9.02. The third-order valence-corrected chi connectivity index (χ3v) is 5.93. The Morgan fingerprint density at radius 3 is 2.35 bits per heavy atom. The number of amides is 1. The van der Waals surface area contributed by atoms with E-state index in [1.165, 1.54) is 0 Å². The smallest absolute Gasteiger partial charge is 0.408 e. The highest BCUT2D eigenvalue weighted by molar-refractivity contribution is 14.1. The monoisotopic (exact) mass is 541 g/mol. The number of halogens is 1. The van der Waals surface area contributed by atoms with E-state index in [-0.39, 0.29) is 11.8 Å². The van der Waals surface area contributed by atoms with Crippen LogP contribution in [0.4, 0.5) is 4.79 Å². The van der Waals surface area contributed by atoms with Crippen LogP contribution in [0.2, 0.25) is 0 Å². The van der Waals surface area contributed by atoms with E-state index in [0.717, 1.165) is 22.3 Å². The minimum absolute atomic E-state index is 0.151. The number of carbonyl (C=O) groups excluding carboxylic acids is 1. The predicted molar refractivity (Wildman–Crippen MR) is 126 cm³/mol. The van der Waals surface area contributed by atoms with Crippen molar-refractivity contribution in [3.8, 4) is 34.1 Å². The van der Waals surface area contributed by atoms with Crippen molar-refractivity contribution in [3.05, 3.63) is 32.9 Å². The van der Waals surface area contributed by atoms with Crippen LogP contribution in [0.1, 0.15) is 44.4 Å². The Morgan fingerprint density at radius 2 is 1.77 bits per heavy atom. The highest BCUT2D eigenvalue weighted by Crippen LogP contribution is 2.51. The molecule has 31 heavy (non-hydrogen) atoms. The van der Waals surface area contributed by atoms with Gasteiger partial charge in [0.1, 0.15) is 11.4 Å². The summed E-state index contributed by atoms with van der Waals surface area (Å²) in [6.07, 6.45) is 0.755. The quantitative estimate of drug-likeness (QED) is 0.518. The molecule has 3 rings (SSSR count). The number of hydrogen-bond donors (Lipinski definition) is 2. The third-order valence-electron chi connectivity index (χ3n) is 5.07. The molecule has 0 bridgehead atoms. The second-order valence-corrected chi connectivity index (χ2v) is 9.47. The summed E-state index contributed by atoms with van der Waals surface area (Å²) in [5, 5.41) is 13.4. The number of alkyl carbamates (subject to hydrolysis) is 1. The molecule has 1 aliphatic carbocycles. The molecule has 0 aliphatic heterocycles. The topological polar surface area (TPSA) is 86.3 Å². The number of aromatic hydroxyl groups is 1. The van der Waals surface area contributed by atoms with Crippen LogP contribution in [0.3, 0.4) is 0 Å². The first kappa shape index (κ1) is 23.3. The van der Waals surface area contributed by atoms with E-state index in [0.29, 0.717) is 33.7 Å². The zero-order valence-corrected chi connectivity index (χ0v) is 20.7. The summed E-state index contributed by atoms with van der Waals surface area (Å²) in [5.74, 6) is 1.78. The highest BCUT2D eigenvalue weighted by Gasteiger charge is 2.31. The number of hydrogen-bond acceptors (Lipinski definition) is 6. The van der Waals surface area contributed by atoms with Crippen molar-refractivity contribution < 1.29 is 28.8 Å². The fraction of sp³-hybridized carbons (Fsp3) is 0.435. The Balaban J connectivity index is 2.20. The van der Waals surface area contributed by atoms with Gasteiger partial charge in [0.2, 0.25) is 5.75 Å². The molecule has 0 saturated heterocycles. The van der Waals surface area contributed by atoms with Gasteiger partial charge in [-0.2, -0.15) is 0 Å². The van der Waals surface area contributed by atoms with Crippen molar-refractivity contribution in [2.45, 2.75) is 45.3 Å². The Labute approximate surface area is 196 Å². The van der Waals surface area contributed by atoms with Crippen LogP contribution in [0.25, 0.3) is 11.1 Å². The summed E-state index contributed by atoms with van der Waals surface area (Å²) >= 11 is 2.09. The van der Waals surface area contributed by atoms with Gasteiger partial charge in [-0.25, -0.2) is 4.79 Å². The Bertz CT molecular complexity index is 999. The van der Waals surface area contributed by atoms with Crippen molar-refractivity contribution in [2.24, 2.45) is 0 Å². The van der Waals surface area contributed by atoms with E-state index in [9.17, 15) is 9.90 Å². The molecular formula is C23H28INO6. The zero-order valence-electron chi connectivity index (χ0n) is 18.6. The third kappa shape index (κ3) is 4.78. The van der Waals surface area contributed by atoms with Crippen molar-refractivity contribution >= 4 is 28.7 Å². The largest absolute Gasteiger partial charge is 0.507 e. The number of nitrogens with one attached hydrogen (secondary N) is 1. The second-order valence-electron chi connectivity index (χ2n) is 8.31. The number of carbonyl (C=O) groups is 1. The first-order chi connectivity index (χ1) is 14.6. The lowest BCUT2D eigenvalue weighted by Gasteiger charge is -2.24. The van der Waals surface area contributed by atoms with Crippen LogP contribution >= 0.6 is 22.6 Å². The molecule has 0 radical (unpaired) electrons. The van der Waals surface area contributed by atoms with Crippen molar-refractivity contribution in [1.82, 2.24) is 5.32 Å². The van der Waals surface area contributed by atoms with Crippen molar-refractivity contribution in [2.75, 3.05) is 21.3 Å². The van der Waals surface area contributed by atoms with E-state index in [1.54, 1.807) is 27.4 Å². The molecule has 8 heteroatoms. The number of ether oxygens (including phenoxy) is 4. The van der Waals surface area contributed by atoms with Gasteiger partial charge in [0, 0.05) is 5.56 Å². The summed E-state index contributed by atoms with van der Waals surface area (Å²) < 4.78 is 23.0. The van der Waals surface area contributed by atoms with Gasteiger partial charge in [-0.15, -0.1) is 0 Å². The summed E-state index contributed by atoms with van der Waals surface area (Å²) in [6, 6.07) is 5.18. The molecule has 0 saturated carbocycles. The Hall–Kier alpha value is -2.36. The van der Waals surface area contributed by atoms with Crippen molar-refractivity contribution in [1.29, 1.82) is 0 Å². The summed E-state index contributed by atoms with van der Waals surface area (Å²) in [6.45, 7) is 5.46. The fourth-order valence-corrected chi connectivity index (χ4v) is 4.30. The molecule has 1 aliphatic rings. The Morgan fingerprint density at radius 1 is 1.10 bits per heavy atom. The van der Waals surface area contributed by atoms with Crippen LogP contribution < -0.4 is 19.5 Å². The molecule has 0 aromatic heterocycles. The maximum absolute atomic E-state index is 12.5. The molecule has 1 amide bonds. The normalized spacial score (nSPS) is 15.3. The number of phenolic OH excluding ortho intramolecular Hbond substituents is 1. The lowest BCUT2D eigenvalue weighted by Crippen LogP contribution is -2.35. The Kier molecular flexibility index (Phi) is 6.78. The number of methoxy groups -OCH3 is 3. The molecule has 2 N–H and O–H groups in total. The van der Waals surface area contributed by atoms with E-state index < -0.39 is 11.7 Å². The number of aryl methyl sites for hydroxylation is 1. The molecule has 0 heterocycles. The number of phenols is 1. The molecule has 0 unspecified atom stereocenters. The standard InChI is InChI=1S/C23H28INO6/c1-23(2,3)31-22(27)25-16-8-7-12-9-18(28-4)20(29-5)21(30-6)19(12)14-10-15(24)17(26)11-13(14)16/h9-11,16,26H,7-8H2,1-6H3,(H,25,27)/t16-/m0/s1. The number of fused-ring (bicyclic) bond motifs is 3. The highest BCUT2D eigenvalue weighted by atomic mass is 127. The molecule has 0 fully saturated rings. The summed E-state index contributed by atoms with van der Waals surface area (Å²) in [5.41, 5.74) is 2.90. The minimum Gasteiger partial charge on any atom is -0.507 e. The molecule has 2 aromatic carbocycles. The molecule has 0 spiro atoms. The van der Waals surface area contributed by atoms with Gasteiger partial charge in [-0.1, -0.05) is 0 Å². The van der Waals surface area contributed by atoms with Crippen LogP contribution in [0, 0.1) is 3.57 Å². The van der Waals surface area contributed by atoms with E-state index >= 15 is 0 Å². The summed E-state index contributed by atoms with van der Waals surface area (Å²) in [4.78, 5) is 12.5. The van der Waals surface area contributed by atoms with Crippen molar-refractivity contribution in [3.63, 3.8) is 0 Å². The van der Waals surface area contributed by atoms with E-state index in [2.05, 4.69) is 27.9 Å². The van der Waals surface area contributed by atoms with Gasteiger partial charge in [0.25, 0.3) is 0 Å². The van der Waals surface area contributed by atoms with Gasteiger partial charge in [0.15, 0.2) is 11.5 Å². The fourth-order valence-electron chi connectivity index (χ4n) is 3.84. The van der Waals surface area contributed by atoms with Crippen LogP contribution in [0.15, 0.2) is 18.2 Å². The van der Waals surface area contributed by atoms with Crippen LogP contribution in [-0.2, 0) is 11.2 Å². The molecule has 168 valence electrons. The molecule has 1 atom stereocenters. The molecular weight excluding hydrogens is 513 g/mol. The van der Waals surface area contributed by atoms with E-state index in [1.807, 2.05) is 32.9 Å². The van der Waals surface area contributed by atoms with Gasteiger partial charge >= 0.3 is 6.09 Å². The average Bonchev–Trinajstić information content (AvgIpc) is 2.82. The van der Waals surface area contributed by atoms with Gasteiger partial charge < -0.3 is 29.4 Å². The predicted octanol–water partition coefficient (Wildman–Crippen LogP) is 5.20. The maximum Gasteiger partial charge on any atom is 0.408 e. The first-order valence-corrected chi connectivity index (χ1v) is 11.0. The average molecular weight is 541 g/mol. The molecule has 7 nitrogen and oxygen atoms in total. The summed E-state index contributed by atoms with van der Waals surface area (Å²) in [7, 11) is 4.74. The number of rotatable bonds is 4. The van der Waals surface area contributed by atoms with Gasteiger partial charge in [-0.05, 0) is 91.1 Å². The van der Waals surface area contributed by atoms with Gasteiger partial charge in [0.05, 0.1) is 30.9 Å². The first-order valence-electron chi connectivity index (χ1n) is 9.93. The maximum atomic E-state index is 12.5.